The van der Waals surface area contributed by atoms with Gasteiger partial charge in [0, 0.05) is 10.8 Å². The zero-order valence-electron chi connectivity index (χ0n) is 9.30. The first-order valence-electron chi connectivity index (χ1n) is 5.55. The molecule has 0 aliphatic carbocycles. The first-order valence-corrected chi connectivity index (χ1v) is 5.55. The van der Waals surface area contributed by atoms with Crippen molar-refractivity contribution >= 4 is 21.5 Å². The minimum atomic E-state index is 0.848. The molecular formula is C15H12N2. The first-order chi connectivity index (χ1) is 8.40. The fourth-order valence-electron chi connectivity index (χ4n) is 2.18. The Kier molecular flexibility index (Phi) is 2.26. The molecule has 0 saturated carbocycles. The molecule has 0 spiro atoms. The molecule has 2 heteroatoms. The number of benzene rings is 2. The van der Waals surface area contributed by atoms with Gasteiger partial charge in [-0.25, -0.2) is 0 Å². The fraction of sp³-hybridized carbons (Fsp3) is 0. The predicted molar refractivity (Wildman–Crippen MR) is 71.2 cm³/mol. The summed E-state index contributed by atoms with van der Waals surface area (Å²) in [4.78, 5) is 0. The molecule has 0 fully saturated rings. The molecule has 2 N–H and O–H groups in total. The van der Waals surface area contributed by atoms with Crippen LogP contribution in [0.25, 0.3) is 21.5 Å². The van der Waals surface area contributed by atoms with Gasteiger partial charge in [0.05, 0.1) is 5.36 Å². The third kappa shape index (κ3) is 1.54. The summed E-state index contributed by atoms with van der Waals surface area (Å²) in [6, 6.07) is 20.5. The van der Waals surface area contributed by atoms with E-state index in [0.717, 1.165) is 26.9 Å². The molecule has 17 heavy (non-hydrogen) atoms. The van der Waals surface area contributed by atoms with Crippen molar-refractivity contribution in [3.63, 3.8) is 0 Å². The average Bonchev–Trinajstić information content (AvgIpc) is 2.55. The largest absolute Gasteiger partial charge is 0.323 e. The number of nitrogens with two attached hydrogens (primary N) is 1. The molecule has 0 atom stereocenters. The molecule has 0 heterocycles. The third-order valence-electron chi connectivity index (χ3n) is 3.00. The Balaban J connectivity index is 2.71. The Labute approximate surface area is 99.0 Å². The highest BCUT2D eigenvalue weighted by atomic mass is 15.1. The summed E-state index contributed by atoms with van der Waals surface area (Å²) in [5, 5.41) is 9.27. The van der Waals surface area contributed by atoms with Crippen LogP contribution in [0.15, 0.2) is 65.8 Å². The van der Waals surface area contributed by atoms with Crippen LogP contribution in [0, 0.1) is 0 Å². The number of hydrogen-bond acceptors (Lipinski definition) is 2. The van der Waals surface area contributed by atoms with Crippen LogP contribution in [0.2, 0.25) is 0 Å². The van der Waals surface area contributed by atoms with Gasteiger partial charge in [-0.15, -0.1) is 0 Å². The molecule has 3 aromatic carbocycles. The highest BCUT2D eigenvalue weighted by Gasteiger charge is 1.98. The molecule has 0 amide bonds. The van der Waals surface area contributed by atoms with Crippen LogP contribution < -0.4 is 11.2 Å². The number of hydrogen-bond donors (Lipinski definition) is 1. The van der Waals surface area contributed by atoms with E-state index in [-0.39, 0.29) is 0 Å². The normalized spacial score (nSPS) is 10.6. The maximum Gasteiger partial charge on any atom is 0.0983 e. The maximum atomic E-state index is 5.56. The van der Waals surface area contributed by atoms with Crippen molar-refractivity contribution in [2.45, 2.75) is 0 Å². The average molecular weight is 220 g/mol. The molecular weight excluding hydrogens is 208 g/mol. The minimum Gasteiger partial charge on any atom is -0.323 e. The highest BCUT2D eigenvalue weighted by molar-refractivity contribution is 5.92. The van der Waals surface area contributed by atoms with Gasteiger partial charge < -0.3 is 5.84 Å². The number of fused-ring (bicyclic) bond motifs is 2. The summed E-state index contributed by atoms with van der Waals surface area (Å²) in [5.41, 5.74) is 0. The summed E-state index contributed by atoms with van der Waals surface area (Å²) in [7, 11) is 0. The van der Waals surface area contributed by atoms with E-state index in [1.54, 1.807) is 0 Å². The molecule has 2 nitrogen and oxygen atoms in total. The summed E-state index contributed by atoms with van der Waals surface area (Å²) >= 11 is 0. The molecule has 0 bridgehead atoms. The van der Waals surface area contributed by atoms with E-state index in [1.807, 2.05) is 36.4 Å². The molecule has 0 unspecified atom stereocenters. The summed E-state index contributed by atoms with van der Waals surface area (Å²) in [6.07, 6.45) is 0. The van der Waals surface area contributed by atoms with Crippen molar-refractivity contribution in [1.29, 1.82) is 0 Å². The Morgan fingerprint density at radius 3 is 1.59 bits per heavy atom. The predicted octanol–water partition coefficient (Wildman–Crippen LogP) is 2.77. The second kappa shape index (κ2) is 3.91. The van der Waals surface area contributed by atoms with Gasteiger partial charge in [-0.05, 0) is 10.8 Å². The summed E-state index contributed by atoms with van der Waals surface area (Å²) < 4.78 is 0. The highest BCUT2D eigenvalue weighted by Crippen LogP contribution is 2.14. The van der Waals surface area contributed by atoms with Gasteiger partial charge in [-0.1, -0.05) is 60.7 Å². The van der Waals surface area contributed by atoms with Gasteiger partial charge >= 0.3 is 0 Å². The van der Waals surface area contributed by atoms with Gasteiger partial charge in [-0.3, -0.25) is 0 Å². The van der Waals surface area contributed by atoms with Crippen LogP contribution in [-0.2, 0) is 0 Å². The molecule has 0 aromatic heterocycles. The van der Waals surface area contributed by atoms with Crippen molar-refractivity contribution in [1.82, 2.24) is 0 Å². The van der Waals surface area contributed by atoms with E-state index in [9.17, 15) is 0 Å². The topological polar surface area (TPSA) is 38.4 Å². The quantitative estimate of drug-likeness (QED) is 0.459. The molecule has 0 radical (unpaired) electrons. The van der Waals surface area contributed by atoms with Gasteiger partial charge in [0.15, 0.2) is 0 Å². The summed E-state index contributed by atoms with van der Waals surface area (Å²) in [5.74, 6) is 5.56. The van der Waals surface area contributed by atoms with Crippen molar-refractivity contribution in [3.8, 4) is 0 Å². The van der Waals surface area contributed by atoms with Crippen LogP contribution in [0.5, 0.6) is 0 Å². The van der Waals surface area contributed by atoms with Gasteiger partial charge in [0.2, 0.25) is 0 Å². The molecule has 0 saturated heterocycles. The van der Waals surface area contributed by atoms with E-state index in [0.29, 0.717) is 0 Å². The van der Waals surface area contributed by atoms with Crippen molar-refractivity contribution in [2.75, 3.05) is 0 Å². The smallest absolute Gasteiger partial charge is 0.0983 e. The van der Waals surface area contributed by atoms with Crippen LogP contribution in [0.4, 0.5) is 0 Å². The lowest BCUT2D eigenvalue weighted by Gasteiger charge is -1.94. The van der Waals surface area contributed by atoms with E-state index in [1.165, 1.54) is 0 Å². The zero-order valence-corrected chi connectivity index (χ0v) is 9.30. The van der Waals surface area contributed by atoms with Crippen LogP contribution in [-0.4, -0.2) is 0 Å². The van der Waals surface area contributed by atoms with Gasteiger partial charge in [-0.2, -0.15) is 5.10 Å². The standard InChI is InChI=1S/C15H12N2/c16-17-15-13-7-3-1-5-11(13)9-10-12-6-2-4-8-14(12)15/h1-10H,16H2. The number of nitrogens with zero attached hydrogens (tertiary/aromatic N) is 1. The zero-order chi connectivity index (χ0) is 11.7. The SMILES string of the molecule is NN=c1c2ccccc2ccc2ccccc12. The second-order valence-corrected chi connectivity index (χ2v) is 3.99. The lowest BCUT2D eigenvalue weighted by Crippen LogP contribution is -2.05. The lowest BCUT2D eigenvalue weighted by atomic mass is 10.1. The Morgan fingerprint density at radius 1 is 0.647 bits per heavy atom. The minimum absolute atomic E-state index is 0.848. The molecule has 3 aromatic rings. The molecule has 3 rings (SSSR count). The van der Waals surface area contributed by atoms with E-state index < -0.39 is 0 Å². The Hall–Kier alpha value is -2.35. The van der Waals surface area contributed by atoms with E-state index >= 15 is 0 Å². The van der Waals surface area contributed by atoms with Crippen LogP contribution in [0.3, 0.4) is 0 Å². The first kappa shape index (κ1) is 9.85. The Morgan fingerprint density at radius 2 is 1.12 bits per heavy atom. The van der Waals surface area contributed by atoms with Gasteiger partial charge in [0.1, 0.15) is 0 Å². The van der Waals surface area contributed by atoms with Crippen LogP contribution >= 0.6 is 0 Å². The monoisotopic (exact) mass is 220 g/mol. The number of rotatable bonds is 0. The lowest BCUT2D eigenvalue weighted by molar-refractivity contribution is 1.17. The second-order valence-electron chi connectivity index (χ2n) is 3.99. The fourth-order valence-corrected chi connectivity index (χ4v) is 2.18. The maximum absolute atomic E-state index is 5.56. The van der Waals surface area contributed by atoms with E-state index in [4.69, 9.17) is 5.84 Å². The van der Waals surface area contributed by atoms with Crippen molar-refractivity contribution in [2.24, 2.45) is 10.9 Å². The third-order valence-corrected chi connectivity index (χ3v) is 3.00. The van der Waals surface area contributed by atoms with E-state index in [2.05, 4.69) is 29.4 Å². The van der Waals surface area contributed by atoms with Crippen LogP contribution in [0.1, 0.15) is 0 Å². The molecule has 82 valence electrons. The van der Waals surface area contributed by atoms with Crippen molar-refractivity contribution in [3.05, 3.63) is 66.0 Å². The molecule has 0 aliphatic heterocycles. The summed E-state index contributed by atoms with van der Waals surface area (Å²) in [6.45, 7) is 0. The van der Waals surface area contributed by atoms with Crippen molar-refractivity contribution < 1.29 is 0 Å². The molecule has 0 aliphatic rings. The Bertz CT molecular complexity index is 699. The van der Waals surface area contributed by atoms with Gasteiger partial charge in [0.25, 0.3) is 0 Å².